The quantitative estimate of drug-likeness (QED) is 0.166. The van der Waals surface area contributed by atoms with E-state index in [1.165, 1.54) is 6.92 Å². The lowest BCUT2D eigenvalue weighted by molar-refractivity contribution is -0.148. The number of aryl methyl sites for hydroxylation is 1. The molecule has 304 valence electrons. The number of aliphatic hydroxyl groups is 1. The van der Waals surface area contributed by atoms with Crippen molar-refractivity contribution in [3.8, 4) is 11.5 Å². The van der Waals surface area contributed by atoms with Crippen LogP contribution in [0.3, 0.4) is 0 Å². The Balaban J connectivity index is 1.29. The molecule has 4 bridgehead atoms. The second-order valence-electron chi connectivity index (χ2n) is 16.3. The zero-order valence-corrected chi connectivity index (χ0v) is 34.1. The highest BCUT2D eigenvalue weighted by atomic mass is 33.1. The van der Waals surface area contributed by atoms with Gasteiger partial charge in [0.05, 0.1) is 17.8 Å². The number of ether oxygens (including phenoxy) is 2. The number of guanidine groups is 1. The summed E-state index contributed by atoms with van der Waals surface area (Å²) in [5, 5.41) is 29.4. The number of hydrogen-bond donors (Lipinski definition) is 6. The van der Waals surface area contributed by atoms with Crippen molar-refractivity contribution in [1.82, 2.24) is 15.5 Å². The minimum Gasteiger partial charge on any atom is -0.504 e. The third-order valence-corrected chi connectivity index (χ3v) is 14.1. The minimum absolute atomic E-state index is 0.0375. The first kappa shape index (κ1) is 41.4. The molecule has 4 heterocycles. The largest absolute Gasteiger partial charge is 0.504 e. The van der Waals surface area contributed by atoms with Crippen LogP contribution in [0.2, 0.25) is 0 Å². The molecule has 2 fully saturated rings. The topological polar surface area (TPSA) is 185 Å². The number of amides is 1. The number of nitrogens with one attached hydrogen (secondary N) is 2. The van der Waals surface area contributed by atoms with Crippen molar-refractivity contribution >= 4 is 39.4 Å². The van der Waals surface area contributed by atoms with E-state index >= 15 is 0 Å². The minimum atomic E-state index is -0.561. The number of nitrogens with two attached hydrogens (primary N) is 2. The second kappa shape index (κ2) is 19.8. The monoisotopic (exact) mass is 798 g/mol. The molecule has 0 aromatic heterocycles. The zero-order valence-electron chi connectivity index (χ0n) is 32.5. The van der Waals surface area contributed by atoms with E-state index in [2.05, 4.69) is 21.7 Å². The smallest absolute Gasteiger partial charge is 0.302 e. The van der Waals surface area contributed by atoms with Gasteiger partial charge in [-0.25, -0.2) is 4.99 Å². The Bertz CT molecular complexity index is 1600. The van der Waals surface area contributed by atoms with Gasteiger partial charge in [-0.3, -0.25) is 9.59 Å². The molecule has 5 aliphatic rings. The number of carbonyl (C=O) groups is 2. The van der Waals surface area contributed by atoms with E-state index in [9.17, 15) is 19.8 Å². The predicted octanol–water partition coefficient (Wildman–Crippen LogP) is 5.54. The lowest BCUT2D eigenvalue weighted by Crippen LogP contribution is -2.37. The van der Waals surface area contributed by atoms with Gasteiger partial charge >= 0.3 is 5.97 Å². The number of fused-ring (bicyclic) bond motifs is 7. The molecular formula is C41H62N6O6S2. The van der Waals surface area contributed by atoms with Crippen LogP contribution in [0.5, 0.6) is 11.5 Å². The summed E-state index contributed by atoms with van der Waals surface area (Å²) in [6.45, 7) is 3.40. The highest BCUT2D eigenvalue weighted by molar-refractivity contribution is 8.76. The maximum absolute atomic E-state index is 14.0. The van der Waals surface area contributed by atoms with Crippen molar-refractivity contribution in [3.63, 3.8) is 0 Å². The summed E-state index contributed by atoms with van der Waals surface area (Å²) < 4.78 is 12.5. The molecule has 1 aliphatic carbocycles. The Labute approximate surface area is 334 Å². The van der Waals surface area contributed by atoms with Gasteiger partial charge < -0.3 is 46.7 Å². The van der Waals surface area contributed by atoms with Gasteiger partial charge in [-0.05, 0) is 99.8 Å². The maximum atomic E-state index is 14.0. The fourth-order valence-corrected chi connectivity index (χ4v) is 11.0. The number of benzene rings is 1. The molecule has 55 heavy (non-hydrogen) atoms. The van der Waals surface area contributed by atoms with E-state index in [4.69, 9.17) is 20.9 Å². The third-order valence-electron chi connectivity index (χ3n) is 12.0. The van der Waals surface area contributed by atoms with Gasteiger partial charge in [0.25, 0.3) is 0 Å². The van der Waals surface area contributed by atoms with Crippen molar-refractivity contribution in [3.05, 3.63) is 46.3 Å². The number of allylic oxidation sites excluding steroid dienone is 2. The Hall–Kier alpha value is -3.23. The Morgan fingerprint density at radius 2 is 1.93 bits per heavy atom. The number of aliphatic hydroxyl groups excluding tert-OH is 1. The van der Waals surface area contributed by atoms with E-state index in [0.717, 1.165) is 80.2 Å². The molecule has 1 saturated heterocycles. The number of rotatable bonds is 3. The fourth-order valence-electron chi connectivity index (χ4n) is 9.18. The van der Waals surface area contributed by atoms with Crippen LogP contribution in [0.1, 0.15) is 114 Å². The van der Waals surface area contributed by atoms with Gasteiger partial charge in [0.1, 0.15) is 12.2 Å². The molecule has 6 rings (SSSR count). The number of phenolic OH excluding ortho intramolecular Hbond substituents is 1. The van der Waals surface area contributed by atoms with E-state index in [1.54, 1.807) is 21.6 Å². The first-order valence-corrected chi connectivity index (χ1v) is 22.9. The number of esters is 1. The maximum Gasteiger partial charge on any atom is 0.302 e. The number of carbonyl (C=O) groups excluding carboxylic acids is 2. The molecule has 12 nitrogen and oxygen atoms in total. The van der Waals surface area contributed by atoms with Crippen molar-refractivity contribution < 1.29 is 29.3 Å². The SMILES string of the molecule is CC(=O)OC1CCc2cc(c(O)c3c2CCC2CCCC2O3)CN2CC(CC3=CCNC(N)=C3)(CCNC(N)=NCSSCCCCCCC(O)C1)CC2=O. The summed E-state index contributed by atoms with van der Waals surface area (Å²) in [5.74, 6) is 3.40. The number of aliphatic imine (C=N–C) groups is 1. The average Bonchev–Trinajstić information content (AvgIpc) is 3.65. The Kier molecular flexibility index (Phi) is 14.9. The molecule has 0 spiro atoms. The number of hydrogen-bond acceptors (Lipinski definition) is 13. The predicted molar refractivity (Wildman–Crippen MR) is 220 cm³/mol. The van der Waals surface area contributed by atoms with E-state index in [-0.39, 0.29) is 35.7 Å². The summed E-state index contributed by atoms with van der Waals surface area (Å²) in [6.07, 6.45) is 16.2. The first-order chi connectivity index (χ1) is 26.6. The average molecular weight is 799 g/mol. The van der Waals surface area contributed by atoms with E-state index < -0.39 is 12.2 Å². The highest BCUT2D eigenvalue weighted by Crippen LogP contribution is 2.47. The normalized spacial score (nSPS) is 29.2. The number of aromatic hydroxyl groups is 1. The fraction of sp³-hybridized carbons (Fsp3) is 0.683. The molecule has 5 atom stereocenters. The van der Waals surface area contributed by atoms with Crippen molar-refractivity contribution in [2.75, 3.05) is 31.3 Å². The lowest BCUT2D eigenvalue weighted by atomic mass is 9.77. The number of phenols is 1. The molecule has 5 unspecified atom stereocenters. The standard InChI is InChI=1S/C41H62N6O6S2/c1-27(48)52-33-12-10-30-20-31(38(51)39-34(30)13-11-29-7-6-9-35(29)53-39)24-47-25-41(23-37(47)50,22-28-14-16-44-36(42)19-28)15-17-45-40(43)46-26-55-54-18-5-3-2-4-8-32(49)21-33/h14,19-20,29,32-33,35,44,49,51H,2-13,15-18,21-26,42H2,1H3,(H3,43,45,46). The molecule has 1 saturated carbocycles. The summed E-state index contributed by atoms with van der Waals surface area (Å²) in [5.41, 5.74) is 15.9. The molecule has 14 heteroatoms. The van der Waals surface area contributed by atoms with Gasteiger partial charge in [0, 0.05) is 68.2 Å². The van der Waals surface area contributed by atoms with Gasteiger partial charge in [0.15, 0.2) is 17.5 Å². The van der Waals surface area contributed by atoms with Crippen LogP contribution in [-0.4, -0.2) is 82.5 Å². The Morgan fingerprint density at radius 3 is 2.76 bits per heavy atom. The van der Waals surface area contributed by atoms with Gasteiger partial charge in [-0.2, -0.15) is 0 Å². The van der Waals surface area contributed by atoms with Crippen LogP contribution in [0, 0.1) is 11.3 Å². The van der Waals surface area contributed by atoms with Gasteiger partial charge in [-0.1, -0.05) is 46.9 Å². The first-order valence-electron chi connectivity index (χ1n) is 20.4. The summed E-state index contributed by atoms with van der Waals surface area (Å²) >= 11 is 0. The molecule has 4 aliphatic heterocycles. The van der Waals surface area contributed by atoms with Crippen LogP contribution >= 0.6 is 21.6 Å². The molecule has 1 aromatic rings. The Morgan fingerprint density at radius 1 is 1.07 bits per heavy atom. The van der Waals surface area contributed by atoms with Crippen molar-refractivity contribution in [2.24, 2.45) is 27.8 Å². The van der Waals surface area contributed by atoms with Crippen molar-refractivity contribution in [2.45, 2.75) is 135 Å². The highest BCUT2D eigenvalue weighted by Gasteiger charge is 2.44. The van der Waals surface area contributed by atoms with Crippen LogP contribution in [0.4, 0.5) is 0 Å². The lowest BCUT2D eigenvalue weighted by Gasteiger charge is -2.31. The molecule has 0 radical (unpaired) electrons. The number of dihydropyridines is 1. The second-order valence-corrected chi connectivity index (χ2v) is 18.8. The van der Waals surface area contributed by atoms with Crippen molar-refractivity contribution in [1.29, 1.82) is 0 Å². The number of nitrogens with zero attached hydrogens (tertiary/aromatic N) is 2. The van der Waals surface area contributed by atoms with Crippen LogP contribution in [-0.2, 0) is 33.7 Å². The third kappa shape index (κ3) is 11.7. The molecule has 1 amide bonds. The zero-order chi connectivity index (χ0) is 38.8. The molecule has 1 aromatic carbocycles. The molecule has 8 N–H and O–H groups in total. The van der Waals surface area contributed by atoms with E-state index in [1.807, 2.05) is 17.0 Å². The summed E-state index contributed by atoms with van der Waals surface area (Å²) in [6, 6.07) is 2.05. The van der Waals surface area contributed by atoms with E-state index in [0.29, 0.717) is 99.5 Å². The molecular weight excluding hydrogens is 737 g/mol. The van der Waals surface area contributed by atoms with Crippen LogP contribution in [0.15, 0.2) is 34.6 Å². The van der Waals surface area contributed by atoms with Gasteiger partial charge in [-0.15, -0.1) is 0 Å². The van der Waals surface area contributed by atoms with Gasteiger partial charge in [0.2, 0.25) is 5.91 Å². The summed E-state index contributed by atoms with van der Waals surface area (Å²) in [4.78, 5) is 32.6. The van der Waals surface area contributed by atoms with Crippen LogP contribution in [0.25, 0.3) is 0 Å². The summed E-state index contributed by atoms with van der Waals surface area (Å²) in [7, 11) is 3.48. The van der Waals surface area contributed by atoms with Crippen LogP contribution < -0.4 is 26.8 Å².